The summed E-state index contributed by atoms with van der Waals surface area (Å²) in [6.07, 6.45) is 11.6. The van der Waals surface area contributed by atoms with E-state index in [4.69, 9.17) is 5.11 Å². The number of phenolic OH excluding ortho intramolecular Hbond substituents is 1. The van der Waals surface area contributed by atoms with E-state index in [2.05, 4.69) is 29.3 Å². The molecule has 0 unspecified atom stereocenters. The number of benzene rings is 1. The molecule has 1 aromatic carbocycles. The van der Waals surface area contributed by atoms with Crippen molar-refractivity contribution in [3.63, 3.8) is 0 Å². The van der Waals surface area contributed by atoms with Gasteiger partial charge in [-0.2, -0.15) is 0 Å². The van der Waals surface area contributed by atoms with E-state index >= 15 is 0 Å². The van der Waals surface area contributed by atoms with E-state index < -0.39 is 0 Å². The Kier molecular flexibility index (Phi) is 10.4. The van der Waals surface area contributed by atoms with Crippen molar-refractivity contribution in [2.75, 3.05) is 0 Å². The van der Waals surface area contributed by atoms with Crippen LogP contribution in [0.15, 0.2) is 36.5 Å². The third-order valence-electron chi connectivity index (χ3n) is 3.62. The lowest BCUT2D eigenvalue weighted by Crippen LogP contribution is -2.02. The molecule has 4 nitrogen and oxygen atoms in total. The lowest BCUT2D eigenvalue weighted by atomic mass is 10.0. The summed E-state index contributed by atoms with van der Waals surface area (Å²) in [5, 5.41) is 20.4. The van der Waals surface area contributed by atoms with Crippen molar-refractivity contribution in [1.82, 2.24) is 15.4 Å². The largest absolute Gasteiger partial charge is 0.508 e. The van der Waals surface area contributed by atoms with Gasteiger partial charge in [-0.05, 0) is 48.6 Å². The number of hydrogen-bond acceptors (Lipinski definition) is 4. The zero-order chi connectivity index (χ0) is 16.8. The number of rotatable bonds is 8. The van der Waals surface area contributed by atoms with Gasteiger partial charge in [0.05, 0.1) is 11.9 Å². The summed E-state index contributed by atoms with van der Waals surface area (Å²) in [4.78, 5) is 0. The molecule has 126 valence electrons. The first kappa shape index (κ1) is 19.1. The highest BCUT2D eigenvalue weighted by molar-refractivity contribution is 5.18. The third kappa shape index (κ3) is 8.91. The van der Waals surface area contributed by atoms with Crippen molar-refractivity contribution in [3.05, 3.63) is 47.8 Å². The van der Waals surface area contributed by atoms with Crippen molar-refractivity contribution < 1.29 is 5.11 Å². The zero-order valence-corrected chi connectivity index (χ0v) is 14.4. The lowest BCUT2D eigenvalue weighted by molar-refractivity contribution is 0.475. The first-order valence-electron chi connectivity index (χ1n) is 8.68. The Morgan fingerprint density at radius 1 is 0.870 bits per heavy atom. The van der Waals surface area contributed by atoms with E-state index in [0.29, 0.717) is 5.75 Å². The molecule has 2 rings (SSSR count). The Bertz CT molecular complexity index is 488. The van der Waals surface area contributed by atoms with Gasteiger partial charge < -0.3 is 5.11 Å². The molecular formula is C19H29N3O. The van der Waals surface area contributed by atoms with Crippen LogP contribution in [0.5, 0.6) is 5.75 Å². The number of hydrogen-bond donors (Lipinski definition) is 1. The maximum atomic E-state index is 8.63. The lowest BCUT2D eigenvalue weighted by Gasteiger charge is -2.05. The average molecular weight is 315 g/mol. The predicted octanol–water partition coefficient (Wildman–Crippen LogP) is 4.73. The first-order valence-corrected chi connectivity index (χ1v) is 8.68. The van der Waals surface area contributed by atoms with Crippen LogP contribution in [-0.4, -0.2) is 20.5 Å². The van der Waals surface area contributed by atoms with E-state index in [-0.39, 0.29) is 0 Å². The molecule has 0 amide bonds. The van der Waals surface area contributed by atoms with Gasteiger partial charge in [0.15, 0.2) is 0 Å². The molecule has 0 aliphatic carbocycles. The van der Waals surface area contributed by atoms with Crippen molar-refractivity contribution in [3.8, 4) is 5.75 Å². The van der Waals surface area contributed by atoms with Gasteiger partial charge in [0.2, 0.25) is 0 Å². The van der Waals surface area contributed by atoms with Crippen LogP contribution in [0.25, 0.3) is 0 Å². The minimum atomic E-state index is 0.322. The van der Waals surface area contributed by atoms with Crippen LogP contribution in [0, 0.1) is 0 Å². The smallest absolute Gasteiger partial charge is 0.115 e. The second-order valence-electron chi connectivity index (χ2n) is 5.66. The molecular weight excluding hydrogens is 286 g/mol. The topological polar surface area (TPSA) is 58.9 Å². The molecule has 1 heterocycles. The van der Waals surface area contributed by atoms with E-state index in [9.17, 15) is 0 Å². The zero-order valence-electron chi connectivity index (χ0n) is 14.4. The third-order valence-corrected chi connectivity index (χ3v) is 3.62. The summed E-state index contributed by atoms with van der Waals surface area (Å²) in [6.45, 7) is 4.45. The molecule has 0 atom stereocenters. The van der Waals surface area contributed by atoms with Gasteiger partial charge in [-0.25, -0.2) is 0 Å². The second-order valence-corrected chi connectivity index (χ2v) is 5.66. The molecule has 23 heavy (non-hydrogen) atoms. The number of aromatic hydroxyl groups is 1. The van der Waals surface area contributed by atoms with Crippen LogP contribution in [-0.2, 0) is 12.8 Å². The minimum absolute atomic E-state index is 0.322. The maximum absolute atomic E-state index is 8.63. The fourth-order valence-electron chi connectivity index (χ4n) is 2.27. The highest BCUT2D eigenvalue weighted by Crippen LogP contribution is 2.11. The SMILES string of the molecule is CCCCCc1cnnnc1CCCCC.Oc1ccccc1. The number of nitrogens with zero attached hydrogens (tertiary/aromatic N) is 3. The normalized spacial score (nSPS) is 10.0. The molecule has 0 saturated heterocycles. The molecule has 0 spiro atoms. The van der Waals surface area contributed by atoms with E-state index in [1.165, 1.54) is 49.8 Å². The van der Waals surface area contributed by atoms with Crippen molar-refractivity contribution >= 4 is 0 Å². The fourth-order valence-corrected chi connectivity index (χ4v) is 2.27. The van der Waals surface area contributed by atoms with Crippen LogP contribution < -0.4 is 0 Å². The summed E-state index contributed by atoms with van der Waals surface area (Å²) in [5.41, 5.74) is 2.47. The van der Waals surface area contributed by atoms with Crippen molar-refractivity contribution in [1.29, 1.82) is 0 Å². The Morgan fingerprint density at radius 2 is 1.52 bits per heavy atom. The number of aromatic nitrogens is 3. The molecule has 2 aromatic rings. The molecule has 1 aromatic heterocycles. The number of para-hydroxylation sites is 1. The van der Waals surface area contributed by atoms with Crippen molar-refractivity contribution in [2.24, 2.45) is 0 Å². The number of phenols is 1. The fraction of sp³-hybridized carbons (Fsp3) is 0.526. The maximum Gasteiger partial charge on any atom is 0.115 e. The molecule has 0 aliphatic heterocycles. The van der Waals surface area contributed by atoms with E-state index in [1.807, 2.05) is 12.3 Å². The quantitative estimate of drug-likeness (QED) is 0.715. The van der Waals surface area contributed by atoms with Crippen molar-refractivity contribution in [2.45, 2.75) is 65.2 Å². The van der Waals surface area contributed by atoms with Crippen LogP contribution in [0.1, 0.15) is 63.6 Å². The molecule has 0 radical (unpaired) electrons. The van der Waals surface area contributed by atoms with Crippen LogP contribution in [0.4, 0.5) is 0 Å². The summed E-state index contributed by atoms with van der Waals surface area (Å²) in [6, 6.07) is 8.71. The monoisotopic (exact) mass is 315 g/mol. The summed E-state index contributed by atoms with van der Waals surface area (Å²) in [5.74, 6) is 0.322. The highest BCUT2D eigenvalue weighted by Gasteiger charge is 2.04. The number of aryl methyl sites for hydroxylation is 2. The summed E-state index contributed by atoms with van der Waals surface area (Å²) < 4.78 is 0. The Balaban J connectivity index is 0.000000313. The average Bonchev–Trinajstić information content (AvgIpc) is 2.58. The second kappa shape index (κ2) is 12.6. The van der Waals surface area contributed by atoms with Gasteiger partial charge in [-0.15, -0.1) is 10.2 Å². The van der Waals surface area contributed by atoms with Gasteiger partial charge in [0.25, 0.3) is 0 Å². The molecule has 0 bridgehead atoms. The van der Waals surface area contributed by atoms with Gasteiger partial charge in [0.1, 0.15) is 5.75 Å². The Hall–Kier alpha value is -1.97. The number of unbranched alkanes of at least 4 members (excludes halogenated alkanes) is 4. The first-order chi connectivity index (χ1) is 11.3. The molecule has 1 N–H and O–H groups in total. The van der Waals surface area contributed by atoms with Crippen LogP contribution in [0.3, 0.4) is 0 Å². The van der Waals surface area contributed by atoms with Gasteiger partial charge in [-0.3, -0.25) is 0 Å². The summed E-state index contributed by atoms with van der Waals surface area (Å²) in [7, 11) is 0. The molecule has 4 heteroatoms. The Morgan fingerprint density at radius 3 is 2.09 bits per heavy atom. The van der Waals surface area contributed by atoms with Crippen LogP contribution in [0.2, 0.25) is 0 Å². The van der Waals surface area contributed by atoms with Gasteiger partial charge in [0, 0.05) is 0 Å². The van der Waals surface area contributed by atoms with Gasteiger partial charge in [-0.1, -0.05) is 57.7 Å². The summed E-state index contributed by atoms with van der Waals surface area (Å²) >= 11 is 0. The van der Waals surface area contributed by atoms with Gasteiger partial charge >= 0.3 is 0 Å². The minimum Gasteiger partial charge on any atom is -0.508 e. The van der Waals surface area contributed by atoms with E-state index in [1.54, 1.807) is 24.3 Å². The predicted molar refractivity (Wildman–Crippen MR) is 94.4 cm³/mol. The molecule has 0 aliphatic rings. The highest BCUT2D eigenvalue weighted by atomic mass is 16.3. The standard InChI is InChI=1S/C13H23N3.C6H6O/c1-3-5-7-9-12-11-14-16-15-13(12)10-8-6-4-2;7-6-4-2-1-3-5-6/h11H,3-10H2,1-2H3;1-5,7H. The Labute approximate surface area is 140 Å². The molecule has 0 saturated carbocycles. The van der Waals surface area contributed by atoms with E-state index in [0.717, 1.165) is 12.8 Å². The van der Waals surface area contributed by atoms with Crippen LogP contribution >= 0.6 is 0 Å². The molecule has 0 fully saturated rings.